The van der Waals surface area contributed by atoms with Gasteiger partial charge in [0.2, 0.25) is 11.8 Å². The van der Waals surface area contributed by atoms with Crippen LogP contribution in [0.3, 0.4) is 0 Å². The number of benzene rings is 2. The molecule has 0 heterocycles. The van der Waals surface area contributed by atoms with Crippen LogP contribution in [0.15, 0.2) is 36.4 Å². The number of anilines is 1. The van der Waals surface area contributed by atoms with Gasteiger partial charge in [-0.3, -0.25) is 14.4 Å². The minimum atomic E-state index is -1.70. The maximum atomic E-state index is 13.5. The summed E-state index contributed by atoms with van der Waals surface area (Å²) in [4.78, 5) is 35.8. The highest BCUT2D eigenvalue weighted by molar-refractivity contribution is 5.99. The molecule has 2 N–H and O–H groups in total. The summed E-state index contributed by atoms with van der Waals surface area (Å²) in [5, 5.41) is 4.33. The Morgan fingerprint density at radius 1 is 0.833 bits per heavy atom. The number of carbonyl (C=O) groups excluding carboxylic acids is 3. The third kappa shape index (κ3) is 6.17. The average Bonchev–Trinajstić information content (AvgIpc) is 2.70. The van der Waals surface area contributed by atoms with E-state index in [1.165, 1.54) is 0 Å². The van der Waals surface area contributed by atoms with Crippen molar-refractivity contribution in [2.45, 2.75) is 39.0 Å². The number of rotatable bonds is 7. The van der Waals surface area contributed by atoms with Gasteiger partial charge in [0.15, 0.2) is 23.2 Å². The number of amides is 2. The van der Waals surface area contributed by atoms with Crippen LogP contribution >= 0.6 is 0 Å². The number of Topliss-reactive ketones (excluding diaryl/α,β-unsaturated/α-hetero) is 1. The zero-order chi connectivity index (χ0) is 22.5. The second-order valence-electron chi connectivity index (χ2n) is 7.80. The van der Waals surface area contributed by atoms with Crippen molar-refractivity contribution in [2.75, 3.05) is 11.9 Å². The first-order chi connectivity index (χ1) is 14.0. The summed E-state index contributed by atoms with van der Waals surface area (Å²) in [6.45, 7) is 5.67. The zero-order valence-corrected chi connectivity index (χ0v) is 16.9. The lowest BCUT2D eigenvalue weighted by atomic mass is 9.86. The van der Waals surface area contributed by atoms with E-state index in [9.17, 15) is 27.6 Å². The Morgan fingerprint density at radius 3 is 2.07 bits per heavy atom. The van der Waals surface area contributed by atoms with Gasteiger partial charge in [0.05, 0.1) is 12.2 Å². The molecule has 0 bridgehead atoms. The van der Waals surface area contributed by atoms with E-state index in [0.717, 1.165) is 11.6 Å². The van der Waals surface area contributed by atoms with Crippen molar-refractivity contribution in [2.24, 2.45) is 0 Å². The van der Waals surface area contributed by atoms with Crippen LogP contribution in [0.2, 0.25) is 0 Å². The summed E-state index contributed by atoms with van der Waals surface area (Å²) in [5.41, 5.74) is 0.995. The van der Waals surface area contributed by atoms with Crippen LogP contribution in [0.5, 0.6) is 0 Å². The van der Waals surface area contributed by atoms with Gasteiger partial charge in [0.25, 0.3) is 0 Å². The molecule has 0 aliphatic carbocycles. The molecule has 0 atom stereocenters. The SMILES string of the molecule is CC(C)(C)c1ccc(C(=O)CCC(=O)NCC(=O)Nc2ccc(F)c(F)c2F)cc1. The summed E-state index contributed by atoms with van der Waals surface area (Å²) in [6, 6.07) is 8.71. The Morgan fingerprint density at radius 2 is 1.47 bits per heavy atom. The Hall–Kier alpha value is -3.16. The van der Waals surface area contributed by atoms with Gasteiger partial charge in [-0.2, -0.15) is 0 Å². The van der Waals surface area contributed by atoms with Crippen LogP contribution in [0.25, 0.3) is 0 Å². The molecule has 0 radical (unpaired) electrons. The van der Waals surface area contributed by atoms with Crippen LogP contribution < -0.4 is 10.6 Å². The molecule has 0 aliphatic heterocycles. The smallest absolute Gasteiger partial charge is 0.243 e. The molecule has 0 saturated heterocycles. The first kappa shape index (κ1) is 23.1. The predicted octanol–water partition coefficient (Wildman–Crippen LogP) is 4.12. The number of halogens is 3. The van der Waals surface area contributed by atoms with Crippen LogP contribution in [-0.2, 0) is 15.0 Å². The molecule has 0 unspecified atom stereocenters. The Balaban J connectivity index is 1.80. The molecule has 2 amide bonds. The lowest BCUT2D eigenvalue weighted by Gasteiger charge is -2.18. The van der Waals surface area contributed by atoms with Crippen LogP contribution in [-0.4, -0.2) is 24.1 Å². The Kier molecular flexibility index (Phi) is 7.37. The van der Waals surface area contributed by atoms with Crippen molar-refractivity contribution in [3.05, 3.63) is 65.0 Å². The van der Waals surface area contributed by atoms with Crippen LogP contribution in [0, 0.1) is 17.5 Å². The van der Waals surface area contributed by atoms with E-state index in [-0.39, 0.29) is 24.0 Å². The van der Waals surface area contributed by atoms with Crippen LogP contribution in [0.4, 0.5) is 18.9 Å². The molecular weight excluding hydrogens is 397 g/mol. The molecule has 0 saturated carbocycles. The standard InChI is InChI=1S/C22H23F3N2O3/c1-22(2,3)14-6-4-13(5-7-14)17(28)10-11-18(29)26-12-19(30)27-16-9-8-15(23)20(24)21(16)25/h4-9H,10-12H2,1-3H3,(H,26,29)(H,27,30). The van der Waals surface area contributed by atoms with Crippen molar-refractivity contribution in [1.82, 2.24) is 5.32 Å². The summed E-state index contributed by atoms with van der Waals surface area (Å²) in [7, 11) is 0. The fourth-order valence-electron chi connectivity index (χ4n) is 2.61. The van der Waals surface area contributed by atoms with Crippen molar-refractivity contribution in [1.29, 1.82) is 0 Å². The maximum absolute atomic E-state index is 13.5. The molecular formula is C22H23F3N2O3. The lowest BCUT2D eigenvalue weighted by Crippen LogP contribution is -2.33. The van der Waals surface area contributed by atoms with Gasteiger partial charge in [0, 0.05) is 18.4 Å². The van der Waals surface area contributed by atoms with Gasteiger partial charge in [-0.25, -0.2) is 13.2 Å². The average molecular weight is 420 g/mol. The van der Waals surface area contributed by atoms with Crippen LogP contribution in [0.1, 0.15) is 49.5 Å². The van der Waals surface area contributed by atoms with E-state index in [4.69, 9.17) is 0 Å². The van der Waals surface area contributed by atoms with E-state index in [1.54, 1.807) is 12.1 Å². The van der Waals surface area contributed by atoms with Crippen molar-refractivity contribution in [3.8, 4) is 0 Å². The number of nitrogens with one attached hydrogen (secondary N) is 2. The number of ketones is 1. The van der Waals surface area contributed by atoms with E-state index in [0.29, 0.717) is 11.6 Å². The van der Waals surface area contributed by atoms with Gasteiger partial charge in [-0.1, -0.05) is 45.0 Å². The third-order valence-electron chi connectivity index (χ3n) is 4.41. The highest BCUT2D eigenvalue weighted by Crippen LogP contribution is 2.22. The number of carbonyl (C=O) groups is 3. The number of hydrogen-bond acceptors (Lipinski definition) is 3. The maximum Gasteiger partial charge on any atom is 0.243 e. The molecule has 8 heteroatoms. The number of hydrogen-bond donors (Lipinski definition) is 2. The fourth-order valence-corrected chi connectivity index (χ4v) is 2.61. The first-order valence-corrected chi connectivity index (χ1v) is 9.33. The van der Waals surface area contributed by atoms with Gasteiger partial charge >= 0.3 is 0 Å². The minimum Gasteiger partial charge on any atom is -0.347 e. The summed E-state index contributed by atoms with van der Waals surface area (Å²) in [6.07, 6.45) is -0.174. The molecule has 160 valence electrons. The van der Waals surface area contributed by atoms with E-state index in [1.807, 2.05) is 17.4 Å². The summed E-state index contributed by atoms with van der Waals surface area (Å²) < 4.78 is 39.6. The van der Waals surface area contributed by atoms with Crippen molar-refractivity contribution < 1.29 is 27.6 Å². The zero-order valence-electron chi connectivity index (χ0n) is 16.9. The second-order valence-corrected chi connectivity index (χ2v) is 7.80. The van der Waals surface area contributed by atoms with Crippen molar-refractivity contribution in [3.63, 3.8) is 0 Å². The van der Waals surface area contributed by atoms with Gasteiger partial charge in [0.1, 0.15) is 0 Å². The molecule has 5 nitrogen and oxygen atoms in total. The predicted molar refractivity (Wildman–Crippen MR) is 107 cm³/mol. The van der Waals surface area contributed by atoms with Gasteiger partial charge in [-0.15, -0.1) is 0 Å². The summed E-state index contributed by atoms with van der Waals surface area (Å²) in [5.74, 6) is -6.19. The monoisotopic (exact) mass is 420 g/mol. The Labute approximate surface area is 172 Å². The first-order valence-electron chi connectivity index (χ1n) is 9.33. The summed E-state index contributed by atoms with van der Waals surface area (Å²) >= 11 is 0. The highest BCUT2D eigenvalue weighted by Gasteiger charge is 2.17. The minimum absolute atomic E-state index is 0.0371. The molecule has 2 rings (SSSR count). The normalized spacial score (nSPS) is 11.1. The largest absolute Gasteiger partial charge is 0.347 e. The molecule has 30 heavy (non-hydrogen) atoms. The second kappa shape index (κ2) is 9.56. The molecule has 0 aromatic heterocycles. The third-order valence-corrected chi connectivity index (χ3v) is 4.41. The molecule has 0 aliphatic rings. The molecule has 2 aromatic carbocycles. The topological polar surface area (TPSA) is 75.3 Å². The van der Waals surface area contributed by atoms with E-state index >= 15 is 0 Å². The molecule has 0 fully saturated rings. The lowest BCUT2D eigenvalue weighted by molar-refractivity contribution is -0.124. The van der Waals surface area contributed by atoms with Crippen molar-refractivity contribution >= 4 is 23.3 Å². The highest BCUT2D eigenvalue weighted by atomic mass is 19.2. The molecule has 2 aromatic rings. The fraction of sp³-hybridized carbons (Fsp3) is 0.318. The van der Waals surface area contributed by atoms with E-state index in [2.05, 4.69) is 26.1 Å². The Bertz CT molecular complexity index is 951. The van der Waals surface area contributed by atoms with Gasteiger partial charge < -0.3 is 10.6 Å². The van der Waals surface area contributed by atoms with E-state index < -0.39 is 41.5 Å². The van der Waals surface area contributed by atoms with Gasteiger partial charge in [-0.05, 0) is 23.1 Å². The quantitative estimate of drug-likeness (QED) is 0.523. The molecule has 0 spiro atoms.